The van der Waals surface area contributed by atoms with Crippen LogP contribution in [0.15, 0.2) is 42.4 Å². The van der Waals surface area contributed by atoms with Crippen molar-refractivity contribution in [2.75, 3.05) is 0 Å². The SMILES string of the molecule is CCCCCCC(=CO)OC(=O)c1ccccc1. The van der Waals surface area contributed by atoms with Gasteiger partial charge in [-0.1, -0.05) is 44.4 Å². The minimum atomic E-state index is -0.425. The van der Waals surface area contributed by atoms with Gasteiger partial charge >= 0.3 is 5.97 Å². The number of carbonyl (C=O) groups excluding carboxylic acids is 1. The summed E-state index contributed by atoms with van der Waals surface area (Å²) < 4.78 is 5.14. The highest BCUT2D eigenvalue weighted by molar-refractivity contribution is 5.89. The molecule has 0 radical (unpaired) electrons. The average Bonchev–Trinajstić information content (AvgIpc) is 2.43. The van der Waals surface area contributed by atoms with Crippen molar-refractivity contribution in [3.8, 4) is 0 Å². The van der Waals surface area contributed by atoms with Crippen LogP contribution in [0.25, 0.3) is 0 Å². The van der Waals surface area contributed by atoms with Crippen molar-refractivity contribution in [1.29, 1.82) is 0 Å². The molecule has 0 amide bonds. The van der Waals surface area contributed by atoms with Crippen molar-refractivity contribution in [3.63, 3.8) is 0 Å². The Morgan fingerprint density at radius 2 is 1.94 bits per heavy atom. The first kappa shape index (κ1) is 14.3. The summed E-state index contributed by atoms with van der Waals surface area (Å²) in [6.07, 6.45) is 5.79. The number of hydrogen-bond acceptors (Lipinski definition) is 3. The number of allylic oxidation sites excluding steroid dienone is 1. The molecule has 18 heavy (non-hydrogen) atoms. The fraction of sp³-hybridized carbons (Fsp3) is 0.400. The van der Waals surface area contributed by atoms with Gasteiger partial charge in [-0.05, 0) is 18.6 Å². The Balaban J connectivity index is 2.42. The second kappa shape index (κ2) is 8.34. The molecule has 1 N–H and O–H groups in total. The summed E-state index contributed by atoms with van der Waals surface area (Å²) >= 11 is 0. The maximum absolute atomic E-state index is 11.7. The topological polar surface area (TPSA) is 46.5 Å². The van der Waals surface area contributed by atoms with Gasteiger partial charge in [0.25, 0.3) is 0 Å². The van der Waals surface area contributed by atoms with Crippen molar-refractivity contribution >= 4 is 5.97 Å². The van der Waals surface area contributed by atoms with E-state index < -0.39 is 5.97 Å². The molecular weight excluding hydrogens is 228 g/mol. The fourth-order valence-electron chi connectivity index (χ4n) is 1.62. The van der Waals surface area contributed by atoms with Gasteiger partial charge in [-0.25, -0.2) is 4.79 Å². The molecule has 0 spiro atoms. The van der Waals surface area contributed by atoms with Crippen molar-refractivity contribution < 1.29 is 14.6 Å². The van der Waals surface area contributed by atoms with E-state index in [9.17, 15) is 4.79 Å². The molecule has 1 aromatic carbocycles. The van der Waals surface area contributed by atoms with Gasteiger partial charge in [0.1, 0.15) is 12.0 Å². The van der Waals surface area contributed by atoms with Crippen molar-refractivity contribution in [2.45, 2.75) is 39.0 Å². The third-order valence-electron chi connectivity index (χ3n) is 2.65. The number of esters is 1. The Morgan fingerprint density at radius 3 is 2.56 bits per heavy atom. The van der Waals surface area contributed by atoms with Crippen LogP contribution in [0.1, 0.15) is 49.4 Å². The number of hydrogen-bond donors (Lipinski definition) is 1. The minimum absolute atomic E-state index is 0.333. The average molecular weight is 248 g/mol. The number of aliphatic hydroxyl groups excluding tert-OH is 1. The number of benzene rings is 1. The predicted molar refractivity (Wildman–Crippen MR) is 71.3 cm³/mol. The van der Waals surface area contributed by atoms with Gasteiger partial charge in [0.05, 0.1) is 5.56 Å². The highest BCUT2D eigenvalue weighted by Crippen LogP contribution is 2.13. The fourth-order valence-corrected chi connectivity index (χ4v) is 1.62. The minimum Gasteiger partial charge on any atom is -0.512 e. The number of rotatable bonds is 7. The van der Waals surface area contributed by atoms with Gasteiger partial charge in [0.15, 0.2) is 0 Å². The van der Waals surface area contributed by atoms with Crippen LogP contribution in [0.4, 0.5) is 0 Å². The van der Waals surface area contributed by atoms with Crippen molar-refractivity contribution in [3.05, 3.63) is 47.9 Å². The van der Waals surface area contributed by atoms with E-state index in [1.54, 1.807) is 24.3 Å². The quantitative estimate of drug-likeness (QED) is 0.446. The van der Waals surface area contributed by atoms with Crippen LogP contribution in [-0.2, 0) is 4.74 Å². The van der Waals surface area contributed by atoms with E-state index in [0.717, 1.165) is 31.9 Å². The zero-order valence-corrected chi connectivity index (χ0v) is 10.8. The number of carbonyl (C=O) groups is 1. The maximum Gasteiger partial charge on any atom is 0.343 e. The summed E-state index contributed by atoms with van der Waals surface area (Å²) in [6.45, 7) is 2.14. The highest BCUT2D eigenvalue weighted by Gasteiger charge is 2.09. The molecule has 3 heteroatoms. The third kappa shape index (κ3) is 5.04. The molecule has 0 bridgehead atoms. The van der Waals surface area contributed by atoms with Crippen LogP contribution in [-0.4, -0.2) is 11.1 Å². The van der Waals surface area contributed by atoms with E-state index in [-0.39, 0.29) is 0 Å². The smallest absolute Gasteiger partial charge is 0.343 e. The van der Waals surface area contributed by atoms with Crippen molar-refractivity contribution in [2.24, 2.45) is 0 Å². The molecule has 0 saturated carbocycles. The Labute approximate surface area is 108 Å². The van der Waals surface area contributed by atoms with Crippen LogP contribution >= 0.6 is 0 Å². The Hall–Kier alpha value is -1.77. The summed E-state index contributed by atoms with van der Waals surface area (Å²) in [5.41, 5.74) is 0.491. The van der Waals surface area contributed by atoms with Crippen LogP contribution in [0.3, 0.4) is 0 Å². The molecule has 0 saturated heterocycles. The monoisotopic (exact) mass is 248 g/mol. The lowest BCUT2D eigenvalue weighted by Gasteiger charge is -2.07. The molecule has 0 atom stereocenters. The lowest BCUT2D eigenvalue weighted by Crippen LogP contribution is -2.05. The zero-order valence-electron chi connectivity index (χ0n) is 10.8. The first-order chi connectivity index (χ1) is 8.77. The maximum atomic E-state index is 11.7. The van der Waals surface area contributed by atoms with Gasteiger partial charge < -0.3 is 9.84 Å². The molecule has 0 aliphatic rings. The van der Waals surface area contributed by atoms with Gasteiger partial charge in [0.2, 0.25) is 0 Å². The second-order valence-electron chi connectivity index (χ2n) is 4.16. The molecule has 0 aromatic heterocycles. The lowest BCUT2D eigenvalue weighted by atomic mass is 10.1. The van der Waals surface area contributed by atoms with Crippen LogP contribution in [0.2, 0.25) is 0 Å². The van der Waals surface area contributed by atoms with E-state index in [2.05, 4.69) is 6.92 Å². The molecule has 0 heterocycles. The van der Waals surface area contributed by atoms with E-state index in [1.807, 2.05) is 6.07 Å². The van der Waals surface area contributed by atoms with E-state index in [0.29, 0.717) is 17.7 Å². The van der Waals surface area contributed by atoms with Gasteiger partial charge in [-0.15, -0.1) is 0 Å². The molecule has 0 aliphatic carbocycles. The molecule has 1 rings (SSSR count). The first-order valence-corrected chi connectivity index (χ1v) is 6.38. The summed E-state index contributed by atoms with van der Waals surface area (Å²) in [4.78, 5) is 11.7. The summed E-state index contributed by atoms with van der Waals surface area (Å²) in [5, 5.41) is 9.04. The van der Waals surface area contributed by atoms with E-state index >= 15 is 0 Å². The normalized spacial score (nSPS) is 11.3. The summed E-state index contributed by atoms with van der Waals surface area (Å²) in [7, 11) is 0. The van der Waals surface area contributed by atoms with Crippen LogP contribution in [0, 0.1) is 0 Å². The van der Waals surface area contributed by atoms with Gasteiger partial charge in [-0.2, -0.15) is 0 Å². The Bertz CT molecular complexity index is 382. The van der Waals surface area contributed by atoms with Gasteiger partial charge in [-0.3, -0.25) is 0 Å². The Morgan fingerprint density at radius 1 is 1.22 bits per heavy atom. The van der Waals surface area contributed by atoms with Crippen LogP contribution in [0.5, 0.6) is 0 Å². The molecule has 3 nitrogen and oxygen atoms in total. The standard InChI is InChI=1S/C15H20O3/c1-2-3-4-8-11-14(12-16)18-15(17)13-9-6-5-7-10-13/h5-7,9-10,12,16H,2-4,8,11H2,1H3. The molecule has 98 valence electrons. The summed E-state index contributed by atoms with van der Waals surface area (Å²) in [6, 6.07) is 8.77. The van der Waals surface area contributed by atoms with Crippen LogP contribution < -0.4 is 0 Å². The predicted octanol–water partition coefficient (Wildman–Crippen LogP) is 4.21. The highest BCUT2D eigenvalue weighted by atomic mass is 16.5. The second-order valence-corrected chi connectivity index (χ2v) is 4.16. The zero-order chi connectivity index (χ0) is 13.2. The summed E-state index contributed by atoms with van der Waals surface area (Å²) in [5.74, 6) is -0.0913. The number of aliphatic hydroxyl groups is 1. The Kier molecular flexibility index (Phi) is 6.62. The van der Waals surface area contributed by atoms with E-state index in [4.69, 9.17) is 9.84 Å². The molecular formula is C15H20O3. The molecule has 0 aliphatic heterocycles. The largest absolute Gasteiger partial charge is 0.512 e. The number of unbranched alkanes of at least 4 members (excludes halogenated alkanes) is 3. The van der Waals surface area contributed by atoms with Gasteiger partial charge in [0, 0.05) is 6.42 Å². The molecule has 0 unspecified atom stereocenters. The molecule has 1 aromatic rings. The third-order valence-corrected chi connectivity index (χ3v) is 2.65. The van der Waals surface area contributed by atoms with E-state index in [1.165, 1.54) is 0 Å². The number of ether oxygens (including phenoxy) is 1. The first-order valence-electron chi connectivity index (χ1n) is 6.38. The lowest BCUT2D eigenvalue weighted by molar-refractivity contribution is 0.0602. The van der Waals surface area contributed by atoms with Crippen molar-refractivity contribution in [1.82, 2.24) is 0 Å². The molecule has 0 fully saturated rings.